The van der Waals surface area contributed by atoms with Gasteiger partial charge in [-0.05, 0) is 0 Å². The van der Waals surface area contributed by atoms with E-state index in [4.69, 9.17) is 11.6 Å². The van der Waals surface area contributed by atoms with Gasteiger partial charge in [-0.2, -0.15) is 31.3 Å². The second-order valence-electron chi connectivity index (χ2n) is 3.76. The van der Waals surface area contributed by atoms with E-state index < -0.39 is 52.2 Å². The molecule has 0 aliphatic heterocycles. The second-order valence-corrected chi connectivity index (χ2v) is 4.12. The van der Waals surface area contributed by atoms with Crippen LogP contribution in [0, 0.1) is 10.1 Å². The number of carbonyl (C=O) groups is 1. The number of nitrogens with zero attached hydrogens (tertiary/aromatic N) is 2. The molecule has 14 heteroatoms. The van der Waals surface area contributed by atoms with Gasteiger partial charge >= 0.3 is 23.9 Å². The van der Waals surface area contributed by atoms with Crippen LogP contribution >= 0.6 is 11.6 Å². The van der Waals surface area contributed by atoms with E-state index in [2.05, 4.69) is 9.72 Å². The van der Waals surface area contributed by atoms with E-state index in [-0.39, 0.29) is 0 Å². The first-order chi connectivity index (χ1) is 10.3. The Morgan fingerprint density at radius 1 is 1.35 bits per heavy atom. The lowest BCUT2D eigenvalue weighted by Crippen LogP contribution is -2.30. The molecule has 1 heterocycles. The number of rotatable bonds is 4. The molecule has 1 rings (SSSR count). The van der Waals surface area contributed by atoms with Crippen LogP contribution in [-0.2, 0) is 4.79 Å². The van der Waals surface area contributed by atoms with Gasteiger partial charge in [0.15, 0.2) is 6.61 Å². The van der Waals surface area contributed by atoms with Gasteiger partial charge in [0, 0.05) is 6.07 Å². The number of nitro groups is 1. The number of halogens is 7. The topological polar surface area (TPSA) is 94.4 Å². The van der Waals surface area contributed by atoms with Crippen molar-refractivity contribution in [2.75, 3.05) is 11.9 Å². The minimum atomic E-state index is -5.39. The van der Waals surface area contributed by atoms with Crippen molar-refractivity contribution in [1.82, 2.24) is 4.98 Å². The molecule has 0 aromatic carbocycles. The number of nitrogens with one attached hydrogen (secondary N) is 1. The van der Waals surface area contributed by atoms with Crippen LogP contribution in [0.2, 0.25) is 5.15 Å². The average molecular weight is 368 g/mol. The summed E-state index contributed by atoms with van der Waals surface area (Å²) < 4.78 is 76.8. The predicted octanol–water partition coefficient (Wildman–Crippen LogP) is 3.09. The van der Waals surface area contributed by atoms with E-state index in [9.17, 15) is 41.3 Å². The van der Waals surface area contributed by atoms with Gasteiger partial charge in [-0.1, -0.05) is 11.6 Å². The summed E-state index contributed by atoms with van der Waals surface area (Å²) in [5, 5.41) is 10.8. The van der Waals surface area contributed by atoms with Crippen molar-refractivity contribution in [3.05, 3.63) is 21.3 Å². The zero-order chi connectivity index (χ0) is 18.0. The van der Waals surface area contributed by atoms with Crippen LogP contribution in [0.15, 0.2) is 6.07 Å². The number of amides is 1. The molecule has 0 unspecified atom stereocenters. The molecule has 0 atom stereocenters. The first kappa shape index (κ1) is 18.7. The van der Waals surface area contributed by atoms with E-state index in [0.717, 1.165) is 5.32 Å². The summed E-state index contributed by atoms with van der Waals surface area (Å²) in [5.74, 6) is -3.75. The number of alkyl halides is 6. The molecule has 0 fully saturated rings. The van der Waals surface area contributed by atoms with Crippen molar-refractivity contribution in [1.29, 1.82) is 0 Å². The largest absolute Gasteiger partial charge is 0.471 e. The first-order valence-corrected chi connectivity index (χ1v) is 5.61. The van der Waals surface area contributed by atoms with Crippen molar-refractivity contribution in [3.8, 4) is 5.88 Å². The molecule has 1 aromatic rings. The maximum Gasteiger partial charge on any atom is 0.471 e. The second kappa shape index (κ2) is 6.44. The van der Waals surface area contributed by atoms with Gasteiger partial charge in [-0.3, -0.25) is 14.9 Å². The fourth-order valence-electron chi connectivity index (χ4n) is 1.14. The molecular formula is C9H4ClF6N3O4. The number of carbonyl (C=O) groups excluding carboxylic acids is 1. The lowest BCUT2D eigenvalue weighted by Gasteiger charge is -2.14. The fourth-order valence-corrected chi connectivity index (χ4v) is 1.34. The molecule has 128 valence electrons. The Morgan fingerprint density at radius 3 is 2.35 bits per heavy atom. The number of hydrogen-bond donors (Lipinski definition) is 1. The third-order valence-corrected chi connectivity index (χ3v) is 2.28. The van der Waals surface area contributed by atoms with Crippen LogP contribution in [0.25, 0.3) is 0 Å². The molecule has 0 saturated carbocycles. The number of anilines is 1. The summed E-state index contributed by atoms with van der Waals surface area (Å²) in [6.07, 6.45) is -10.3. The molecule has 0 aliphatic carbocycles. The standard InChI is InChI=1S/C9H4ClF6N3O4/c10-5-4(19(21)22)1-3(17-7(20)9(14,15)16)6(18-5)23-2-8(11,12)13/h1H,2H2,(H,17,20). The zero-order valence-electron chi connectivity index (χ0n) is 10.5. The van der Waals surface area contributed by atoms with Gasteiger partial charge in [0.2, 0.25) is 11.0 Å². The molecule has 0 bridgehead atoms. The normalized spacial score (nSPS) is 12.0. The highest BCUT2D eigenvalue weighted by Crippen LogP contribution is 2.34. The highest BCUT2D eigenvalue weighted by atomic mass is 35.5. The number of aromatic nitrogens is 1. The van der Waals surface area contributed by atoms with Gasteiger partial charge < -0.3 is 10.1 Å². The molecule has 23 heavy (non-hydrogen) atoms. The Morgan fingerprint density at radius 2 is 1.91 bits per heavy atom. The average Bonchev–Trinajstić information content (AvgIpc) is 2.36. The summed E-state index contributed by atoms with van der Waals surface area (Å²) in [5.41, 5.74) is -2.13. The van der Waals surface area contributed by atoms with Crippen LogP contribution < -0.4 is 10.1 Å². The highest BCUT2D eigenvalue weighted by molar-refractivity contribution is 6.31. The van der Waals surface area contributed by atoms with Crippen LogP contribution in [0.3, 0.4) is 0 Å². The molecule has 0 spiro atoms. The van der Waals surface area contributed by atoms with Crippen LogP contribution in [0.4, 0.5) is 37.7 Å². The van der Waals surface area contributed by atoms with E-state index in [0.29, 0.717) is 6.07 Å². The first-order valence-electron chi connectivity index (χ1n) is 5.24. The molecule has 0 saturated heterocycles. The number of hydrogen-bond acceptors (Lipinski definition) is 5. The van der Waals surface area contributed by atoms with Crippen molar-refractivity contribution >= 4 is 28.9 Å². The number of pyridine rings is 1. The van der Waals surface area contributed by atoms with Crippen LogP contribution in [0.5, 0.6) is 5.88 Å². The van der Waals surface area contributed by atoms with Crippen LogP contribution in [0.1, 0.15) is 0 Å². The number of ether oxygens (including phenoxy) is 1. The Labute approximate surface area is 127 Å². The minimum absolute atomic E-state index is 0.296. The Hall–Kier alpha value is -2.31. The van der Waals surface area contributed by atoms with E-state index >= 15 is 0 Å². The Bertz CT molecular complexity index is 633. The Balaban J connectivity index is 3.23. The highest BCUT2D eigenvalue weighted by Gasteiger charge is 2.40. The van der Waals surface area contributed by atoms with Gasteiger partial charge in [-0.25, -0.2) is 0 Å². The SMILES string of the molecule is O=C(Nc1cc([N+](=O)[O-])c(Cl)nc1OCC(F)(F)F)C(F)(F)F. The van der Waals surface area contributed by atoms with Gasteiger partial charge in [0.1, 0.15) is 5.69 Å². The van der Waals surface area contributed by atoms with Crippen molar-refractivity contribution in [2.24, 2.45) is 0 Å². The summed E-state index contributed by atoms with van der Waals surface area (Å²) in [4.78, 5) is 23.3. The maximum absolute atomic E-state index is 12.2. The lowest BCUT2D eigenvalue weighted by molar-refractivity contribution is -0.385. The van der Waals surface area contributed by atoms with E-state index in [1.54, 1.807) is 0 Å². The maximum atomic E-state index is 12.2. The third kappa shape index (κ3) is 5.43. The smallest absolute Gasteiger partial charge is 0.466 e. The van der Waals surface area contributed by atoms with Crippen LogP contribution in [-0.4, -0.2) is 34.8 Å². The summed E-state index contributed by atoms with van der Waals surface area (Å²) in [6.45, 7) is -1.97. The van der Waals surface area contributed by atoms with Gasteiger partial charge in [0.05, 0.1) is 4.92 Å². The minimum Gasteiger partial charge on any atom is -0.466 e. The molecular weight excluding hydrogens is 364 g/mol. The quantitative estimate of drug-likeness (QED) is 0.382. The van der Waals surface area contributed by atoms with E-state index in [1.165, 1.54) is 0 Å². The molecule has 1 aromatic heterocycles. The zero-order valence-corrected chi connectivity index (χ0v) is 11.2. The van der Waals surface area contributed by atoms with Crippen molar-refractivity contribution < 1.29 is 40.8 Å². The lowest BCUT2D eigenvalue weighted by atomic mass is 10.3. The molecule has 1 N–H and O–H groups in total. The van der Waals surface area contributed by atoms with Gasteiger partial charge in [-0.15, -0.1) is 0 Å². The van der Waals surface area contributed by atoms with Crippen molar-refractivity contribution in [2.45, 2.75) is 12.4 Å². The summed E-state index contributed by atoms with van der Waals surface area (Å²) in [7, 11) is 0. The molecule has 1 amide bonds. The summed E-state index contributed by atoms with van der Waals surface area (Å²) in [6, 6.07) is 0.296. The monoisotopic (exact) mass is 367 g/mol. The van der Waals surface area contributed by atoms with Gasteiger partial charge in [0.25, 0.3) is 0 Å². The van der Waals surface area contributed by atoms with E-state index in [1.807, 2.05) is 0 Å². The molecule has 0 aliphatic rings. The fraction of sp³-hybridized carbons (Fsp3) is 0.333. The van der Waals surface area contributed by atoms with Crippen molar-refractivity contribution in [3.63, 3.8) is 0 Å². The molecule has 7 nitrogen and oxygen atoms in total. The predicted molar refractivity (Wildman–Crippen MR) is 62.1 cm³/mol. The summed E-state index contributed by atoms with van der Waals surface area (Å²) >= 11 is 5.32. The third-order valence-electron chi connectivity index (χ3n) is 2.00. The Kier molecular flexibility index (Phi) is 5.24. The molecule has 0 radical (unpaired) electrons.